The summed E-state index contributed by atoms with van der Waals surface area (Å²) in [5.41, 5.74) is -0.591. The van der Waals surface area contributed by atoms with Crippen LogP contribution in [0.4, 0.5) is 0 Å². The number of carboxylic acid groups (broad SMARTS) is 1. The minimum atomic E-state index is -1.65. The largest absolute Gasteiger partial charge is 0.481 e. The van der Waals surface area contributed by atoms with Crippen LogP contribution >= 0.6 is 0 Å². The number of aliphatic carboxylic acids is 1. The highest BCUT2D eigenvalue weighted by molar-refractivity contribution is 5.81. The first-order valence-corrected chi connectivity index (χ1v) is 9.67. The minimum Gasteiger partial charge on any atom is -0.481 e. The van der Waals surface area contributed by atoms with Gasteiger partial charge in [0, 0.05) is 6.92 Å². The van der Waals surface area contributed by atoms with Gasteiger partial charge in [-0.3, -0.25) is 4.79 Å². The average Bonchev–Trinajstić information content (AvgIpc) is 2.81. The molecule has 0 aliphatic heterocycles. The van der Waals surface area contributed by atoms with Crippen LogP contribution < -0.4 is 19.5 Å². The molecule has 1 amide bonds. The molecule has 1 atom stereocenters. The summed E-state index contributed by atoms with van der Waals surface area (Å²) in [4.78, 5) is 33.1. The van der Waals surface area contributed by atoms with E-state index in [0.29, 0.717) is 11.1 Å². The fraction of sp³-hybridized carbons (Fsp3) is 0.217. The number of carbonyl (C=O) groups is 2. The maximum atomic E-state index is 12.6. The van der Waals surface area contributed by atoms with Crippen molar-refractivity contribution in [3.05, 3.63) is 77.9 Å². The maximum absolute atomic E-state index is 12.6. The van der Waals surface area contributed by atoms with Gasteiger partial charge >= 0.3 is 12.0 Å². The Morgan fingerprint density at radius 3 is 1.75 bits per heavy atom. The Labute approximate surface area is 185 Å². The molecule has 32 heavy (non-hydrogen) atoms. The van der Waals surface area contributed by atoms with Crippen LogP contribution in [0, 0.1) is 0 Å². The number of ether oxygens (including phenoxy) is 3. The first-order chi connectivity index (χ1) is 15.4. The van der Waals surface area contributed by atoms with Crippen LogP contribution in [0.2, 0.25) is 0 Å². The lowest BCUT2D eigenvalue weighted by atomic mass is 9.77. The van der Waals surface area contributed by atoms with E-state index in [1.54, 1.807) is 60.7 Å². The Bertz CT molecular complexity index is 1010. The predicted molar refractivity (Wildman–Crippen MR) is 115 cm³/mol. The third-order valence-corrected chi connectivity index (χ3v) is 4.75. The number of carboxylic acids is 1. The van der Waals surface area contributed by atoms with Crippen LogP contribution in [-0.4, -0.2) is 47.3 Å². The molecule has 1 aromatic heterocycles. The van der Waals surface area contributed by atoms with Crippen molar-refractivity contribution in [1.29, 1.82) is 0 Å². The van der Waals surface area contributed by atoms with Crippen LogP contribution in [0.25, 0.3) is 0 Å². The van der Waals surface area contributed by atoms with Crippen LogP contribution in [0.15, 0.2) is 66.7 Å². The molecule has 0 saturated carbocycles. The molecule has 0 aliphatic rings. The fourth-order valence-corrected chi connectivity index (χ4v) is 3.43. The zero-order valence-electron chi connectivity index (χ0n) is 17.8. The lowest BCUT2D eigenvalue weighted by Crippen LogP contribution is -2.59. The van der Waals surface area contributed by atoms with E-state index in [4.69, 9.17) is 14.2 Å². The summed E-state index contributed by atoms with van der Waals surface area (Å²) >= 11 is 0. The third-order valence-electron chi connectivity index (χ3n) is 4.75. The normalized spacial score (nSPS) is 11.8. The van der Waals surface area contributed by atoms with Crippen molar-refractivity contribution >= 4 is 11.9 Å². The molecule has 0 spiro atoms. The number of methoxy groups -OCH3 is 2. The van der Waals surface area contributed by atoms with Crippen LogP contribution in [0.1, 0.15) is 18.1 Å². The second-order valence-corrected chi connectivity index (χ2v) is 6.79. The van der Waals surface area contributed by atoms with E-state index in [9.17, 15) is 14.7 Å². The summed E-state index contributed by atoms with van der Waals surface area (Å²) in [7, 11) is 2.80. The smallest absolute Gasteiger partial charge is 0.348 e. The summed E-state index contributed by atoms with van der Waals surface area (Å²) in [6, 6.07) is 18.6. The fourth-order valence-electron chi connectivity index (χ4n) is 3.43. The molecule has 1 unspecified atom stereocenters. The van der Waals surface area contributed by atoms with Crippen molar-refractivity contribution in [2.75, 3.05) is 14.2 Å². The van der Waals surface area contributed by atoms with Crippen molar-refractivity contribution in [2.45, 2.75) is 18.6 Å². The summed E-state index contributed by atoms with van der Waals surface area (Å²) in [6.45, 7) is 1.31. The number of amides is 1. The van der Waals surface area contributed by atoms with Gasteiger partial charge in [-0.05, 0) is 11.1 Å². The highest BCUT2D eigenvalue weighted by Crippen LogP contribution is 2.36. The second kappa shape index (κ2) is 9.78. The molecule has 0 fully saturated rings. The van der Waals surface area contributed by atoms with Crippen molar-refractivity contribution in [3.8, 4) is 17.8 Å². The van der Waals surface area contributed by atoms with Gasteiger partial charge in [-0.25, -0.2) is 4.79 Å². The van der Waals surface area contributed by atoms with Gasteiger partial charge in [-0.15, -0.1) is 0 Å². The number of benzene rings is 2. The van der Waals surface area contributed by atoms with E-state index >= 15 is 0 Å². The van der Waals surface area contributed by atoms with Crippen molar-refractivity contribution in [2.24, 2.45) is 0 Å². The van der Waals surface area contributed by atoms with E-state index in [1.165, 1.54) is 27.2 Å². The molecule has 9 nitrogen and oxygen atoms in total. The number of nitrogens with one attached hydrogen (secondary N) is 1. The van der Waals surface area contributed by atoms with Gasteiger partial charge in [0.25, 0.3) is 0 Å². The van der Waals surface area contributed by atoms with E-state index < -0.39 is 23.5 Å². The van der Waals surface area contributed by atoms with Gasteiger partial charge < -0.3 is 24.6 Å². The topological polar surface area (TPSA) is 120 Å². The summed E-state index contributed by atoms with van der Waals surface area (Å²) < 4.78 is 16.1. The number of hydrogen-bond acceptors (Lipinski definition) is 7. The summed E-state index contributed by atoms with van der Waals surface area (Å²) in [5, 5.41) is 13.1. The predicted octanol–water partition coefficient (Wildman–Crippen LogP) is 2.41. The Morgan fingerprint density at radius 2 is 1.38 bits per heavy atom. The van der Waals surface area contributed by atoms with Gasteiger partial charge in [0.05, 0.1) is 20.3 Å². The zero-order valence-corrected chi connectivity index (χ0v) is 17.8. The van der Waals surface area contributed by atoms with E-state index in [0.717, 1.165) is 0 Å². The van der Waals surface area contributed by atoms with Crippen LogP contribution in [0.3, 0.4) is 0 Å². The van der Waals surface area contributed by atoms with E-state index in [-0.39, 0.29) is 17.8 Å². The number of rotatable bonds is 9. The number of hydrogen-bond donors (Lipinski definition) is 2. The number of aromatic nitrogens is 2. The Hall–Kier alpha value is -4.14. The van der Waals surface area contributed by atoms with Crippen molar-refractivity contribution < 1.29 is 28.9 Å². The first-order valence-electron chi connectivity index (χ1n) is 9.67. The van der Waals surface area contributed by atoms with Gasteiger partial charge in [0.15, 0.2) is 0 Å². The highest BCUT2D eigenvalue weighted by atomic mass is 16.5. The molecular formula is C23H23N3O6. The standard InChI is InChI=1S/C23H23N3O6/c1-15(27)26-23(16-10-6-4-7-11-16,17-12-8-5-9-13-17)20(21(28)29)32-22-24-18(30-2)14-19(25-22)31-3/h4-14,20H,1-3H3,(H,26,27)(H,28,29). The Morgan fingerprint density at radius 1 is 0.906 bits per heavy atom. The SMILES string of the molecule is COc1cc(OC)nc(OC(C(=O)O)C(NC(C)=O)(c2ccccc2)c2ccccc2)n1. The maximum Gasteiger partial charge on any atom is 0.348 e. The van der Waals surface area contributed by atoms with Crippen molar-refractivity contribution in [1.82, 2.24) is 15.3 Å². The van der Waals surface area contributed by atoms with Crippen LogP contribution in [0.5, 0.6) is 17.8 Å². The monoisotopic (exact) mass is 437 g/mol. The molecule has 0 saturated heterocycles. The quantitative estimate of drug-likeness (QED) is 0.524. The molecule has 9 heteroatoms. The molecule has 3 aromatic rings. The lowest BCUT2D eigenvalue weighted by molar-refractivity contribution is -0.149. The Balaban J connectivity index is 2.25. The lowest BCUT2D eigenvalue weighted by Gasteiger charge is -2.39. The highest BCUT2D eigenvalue weighted by Gasteiger charge is 2.49. The molecule has 0 radical (unpaired) electrons. The molecule has 0 aliphatic carbocycles. The zero-order chi connectivity index (χ0) is 23.1. The molecule has 0 bridgehead atoms. The Kier molecular flexibility index (Phi) is 6.89. The van der Waals surface area contributed by atoms with Gasteiger partial charge in [-0.1, -0.05) is 60.7 Å². The average molecular weight is 437 g/mol. The molecule has 2 aromatic carbocycles. The van der Waals surface area contributed by atoms with Gasteiger partial charge in [-0.2, -0.15) is 9.97 Å². The molecule has 166 valence electrons. The molecule has 3 rings (SSSR count). The molecule has 1 heterocycles. The minimum absolute atomic E-state index is 0.125. The summed E-state index contributed by atoms with van der Waals surface area (Å²) in [5.74, 6) is -1.53. The number of nitrogens with zero attached hydrogens (tertiary/aromatic N) is 2. The van der Waals surface area contributed by atoms with Gasteiger partial charge in [0.1, 0.15) is 5.54 Å². The molecular weight excluding hydrogens is 414 g/mol. The van der Waals surface area contributed by atoms with E-state index in [1.807, 2.05) is 0 Å². The van der Waals surface area contributed by atoms with Crippen molar-refractivity contribution in [3.63, 3.8) is 0 Å². The van der Waals surface area contributed by atoms with Gasteiger partial charge in [0.2, 0.25) is 23.8 Å². The third kappa shape index (κ3) is 4.61. The molecule has 2 N–H and O–H groups in total. The number of carbonyl (C=O) groups excluding carboxylic acids is 1. The summed E-state index contributed by atoms with van der Waals surface area (Å²) in [6.07, 6.45) is -1.65. The van der Waals surface area contributed by atoms with E-state index in [2.05, 4.69) is 15.3 Å². The van der Waals surface area contributed by atoms with Crippen LogP contribution in [-0.2, 0) is 15.1 Å². The first kappa shape index (κ1) is 22.5. The second-order valence-electron chi connectivity index (χ2n) is 6.79.